The van der Waals surface area contributed by atoms with Gasteiger partial charge in [0.2, 0.25) is 0 Å². The zero-order chi connectivity index (χ0) is 10.7. The van der Waals surface area contributed by atoms with Crippen molar-refractivity contribution in [2.75, 3.05) is 7.11 Å². The fourth-order valence-corrected chi connectivity index (χ4v) is 1.56. The van der Waals surface area contributed by atoms with Crippen LogP contribution in [0.1, 0.15) is 36.8 Å². The van der Waals surface area contributed by atoms with Crippen molar-refractivity contribution in [2.24, 2.45) is 0 Å². The van der Waals surface area contributed by atoms with Gasteiger partial charge in [-0.25, -0.2) is 0 Å². The number of ether oxygens (including phenoxy) is 1. The largest absolute Gasteiger partial charge is 0.504 e. The van der Waals surface area contributed by atoms with Crippen molar-refractivity contribution in [3.8, 4) is 0 Å². The van der Waals surface area contributed by atoms with Gasteiger partial charge in [0.15, 0.2) is 0 Å². The Morgan fingerprint density at radius 1 is 1.36 bits per heavy atom. The Morgan fingerprint density at radius 2 is 2.00 bits per heavy atom. The summed E-state index contributed by atoms with van der Waals surface area (Å²) in [6.07, 6.45) is 3.64. The van der Waals surface area contributed by atoms with Gasteiger partial charge >= 0.3 is 0 Å². The average Bonchev–Trinajstić information content (AvgIpc) is 2.40. The van der Waals surface area contributed by atoms with E-state index in [4.69, 9.17) is 4.74 Å². The maximum Gasteiger partial charge on any atom is 0.0831 e. The van der Waals surface area contributed by atoms with Crippen molar-refractivity contribution >= 4 is 6.08 Å². The lowest BCUT2D eigenvalue weighted by Gasteiger charge is -2.07. The summed E-state index contributed by atoms with van der Waals surface area (Å²) in [7, 11) is 1.65. The lowest BCUT2D eigenvalue weighted by molar-refractivity contribution is 0.341. The second-order valence-electron chi connectivity index (χ2n) is 3.66. The third-order valence-electron chi connectivity index (χ3n) is 2.24. The van der Waals surface area contributed by atoms with Crippen molar-refractivity contribution in [2.45, 2.75) is 33.7 Å². The van der Waals surface area contributed by atoms with Crippen LogP contribution >= 0.6 is 0 Å². The number of nitrogens with zero attached hydrogens (tertiary/aromatic N) is 2. The predicted octanol–water partition coefficient (Wildman–Crippen LogP) is 2.70. The third-order valence-corrected chi connectivity index (χ3v) is 2.24. The monoisotopic (exact) mass is 194 g/mol. The molecule has 0 amide bonds. The Labute approximate surface area is 85.4 Å². The van der Waals surface area contributed by atoms with E-state index >= 15 is 0 Å². The van der Waals surface area contributed by atoms with E-state index < -0.39 is 0 Å². The summed E-state index contributed by atoms with van der Waals surface area (Å²) in [5, 5.41) is 4.47. The molecule has 1 heterocycles. The van der Waals surface area contributed by atoms with Crippen molar-refractivity contribution in [1.82, 2.24) is 9.78 Å². The van der Waals surface area contributed by atoms with Gasteiger partial charge in [-0.05, 0) is 33.8 Å². The van der Waals surface area contributed by atoms with Crippen LogP contribution in [-0.4, -0.2) is 16.9 Å². The van der Waals surface area contributed by atoms with Crippen LogP contribution in [0.25, 0.3) is 6.08 Å². The van der Waals surface area contributed by atoms with Gasteiger partial charge in [0.05, 0.1) is 19.1 Å². The Balaban J connectivity index is 3.11. The summed E-state index contributed by atoms with van der Waals surface area (Å²) in [6.45, 7) is 8.35. The molecular weight excluding hydrogens is 176 g/mol. The average molecular weight is 194 g/mol. The van der Waals surface area contributed by atoms with Crippen molar-refractivity contribution in [3.05, 3.63) is 23.2 Å². The van der Waals surface area contributed by atoms with Gasteiger partial charge in [-0.3, -0.25) is 4.68 Å². The minimum absolute atomic E-state index is 0.401. The van der Waals surface area contributed by atoms with E-state index in [9.17, 15) is 0 Å². The molecule has 0 saturated carbocycles. The first-order chi connectivity index (χ1) is 6.57. The maximum absolute atomic E-state index is 4.91. The van der Waals surface area contributed by atoms with Gasteiger partial charge in [-0.1, -0.05) is 0 Å². The van der Waals surface area contributed by atoms with Crippen LogP contribution in [-0.2, 0) is 4.74 Å². The highest BCUT2D eigenvalue weighted by Gasteiger charge is 2.10. The van der Waals surface area contributed by atoms with Gasteiger partial charge in [0.1, 0.15) is 0 Å². The highest BCUT2D eigenvalue weighted by molar-refractivity contribution is 5.53. The van der Waals surface area contributed by atoms with Crippen molar-refractivity contribution < 1.29 is 4.74 Å². The summed E-state index contributed by atoms with van der Waals surface area (Å²) in [6, 6.07) is 0.401. The summed E-state index contributed by atoms with van der Waals surface area (Å²) in [4.78, 5) is 0. The van der Waals surface area contributed by atoms with E-state index in [1.54, 1.807) is 13.4 Å². The Hall–Kier alpha value is -1.25. The molecule has 0 aliphatic rings. The fourth-order valence-electron chi connectivity index (χ4n) is 1.56. The van der Waals surface area contributed by atoms with Crippen LogP contribution < -0.4 is 0 Å². The van der Waals surface area contributed by atoms with Crippen LogP contribution in [0.4, 0.5) is 0 Å². The Morgan fingerprint density at radius 3 is 2.43 bits per heavy atom. The first kappa shape index (κ1) is 10.8. The molecule has 14 heavy (non-hydrogen) atoms. The van der Waals surface area contributed by atoms with E-state index in [-0.39, 0.29) is 0 Å². The molecule has 78 valence electrons. The lowest BCUT2D eigenvalue weighted by atomic mass is 10.2. The third kappa shape index (κ3) is 1.97. The molecule has 3 heteroatoms. The van der Waals surface area contributed by atoms with Crippen molar-refractivity contribution in [3.63, 3.8) is 0 Å². The van der Waals surface area contributed by atoms with E-state index in [2.05, 4.69) is 25.9 Å². The summed E-state index contributed by atoms with van der Waals surface area (Å²) in [5.74, 6) is 0. The summed E-state index contributed by atoms with van der Waals surface area (Å²) >= 11 is 0. The molecule has 0 aromatic carbocycles. The zero-order valence-corrected chi connectivity index (χ0v) is 9.53. The Kier molecular flexibility index (Phi) is 3.33. The molecule has 0 bridgehead atoms. The normalized spacial score (nSPS) is 11.6. The molecular formula is C11H18N2O. The number of aromatic nitrogens is 2. The molecule has 0 unspecified atom stereocenters. The quantitative estimate of drug-likeness (QED) is 0.692. The molecule has 0 fully saturated rings. The second kappa shape index (κ2) is 4.31. The zero-order valence-electron chi connectivity index (χ0n) is 9.53. The van der Waals surface area contributed by atoms with Crippen LogP contribution in [0.15, 0.2) is 6.26 Å². The molecule has 0 spiro atoms. The minimum atomic E-state index is 0.401. The first-order valence-electron chi connectivity index (χ1n) is 4.83. The fraction of sp³-hybridized carbons (Fsp3) is 0.545. The number of hydrogen-bond donors (Lipinski definition) is 0. The maximum atomic E-state index is 4.91. The van der Waals surface area contributed by atoms with Gasteiger partial charge in [-0.2, -0.15) is 5.10 Å². The van der Waals surface area contributed by atoms with Gasteiger partial charge in [-0.15, -0.1) is 0 Å². The van der Waals surface area contributed by atoms with Crippen LogP contribution in [0.3, 0.4) is 0 Å². The van der Waals surface area contributed by atoms with Gasteiger partial charge in [0, 0.05) is 17.3 Å². The van der Waals surface area contributed by atoms with E-state index in [1.807, 2.05) is 17.7 Å². The highest BCUT2D eigenvalue weighted by atomic mass is 16.5. The molecule has 0 aliphatic carbocycles. The highest BCUT2D eigenvalue weighted by Crippen LogP contribution is 2.18. The van der Waals surface area contributed by atoms with Gasteiger partial charge < -0.3 is 4.74 Å². The summed E-state index contributed by atoms with van der Waals surface area (Å²) < 4.78 is 6.94. The van der Waals surface area contributed by atoms with Crippen molar-refractivity contribution in [1.29, 1.82) is 0 Å². The van der Waals surface area contributed by atoms with Crippen LogP contribution in [0.2, 0.25) is 0 Å². The summed E-state index contributed by atoms with van der Waals surface area (Å²) in [5.41, 5.74) is 3.39. The predicted molar refractivity (Wildman–Crippen MR) is 58.1 cm³/mol. The number of rotatable bonds is 3. The van der Waals surface area contributed by atoms with E-state index in [1.165, 1.54) is 5.69 Å². The van der Waals surface area contributed by atoms with E-state index in [0.29, 0.717) is 6.04 Å². The molecule has 1 aromatic rings. The molecule has 3 nitrogen and oxygen atoms in total. The second-order valence-corrected chi connectivity index (χ2v) is 3.66. The SMILES string of the molecule is COC=Cc1c(C)nn(C(C)C)c1C. The number of hydrogen-bond acceptors (Lipinski definition) is 2. The number of aryl methyl sites for hydroxylation is 1. The first-order valence-corrected chi connectivity index (χ1v) is 4.83. The molecule has 0 atom stereocenters. The standard InChI is InChI=1S/C11H18N2O/c1-8(2)13-10(4)11(6-7-14-5)9(3)12-13/h6-8H,1-5H3. The molecule has 0 N–H and O–H groups in total. The molecule has 0 aliphatic heterocycles. The Bertz CT molecular complexity index is 337. The molecule has 1 aromatic heterocycles. The van der Waals surface area contributed by atoms with E-state index in [0.717, 1.165) is 11.3 Å². The number of methoxy groups -OCH3 is 1. The van der Waals surface area contributed by atoms with Crippen LogP contribution in [0.5, 0.6) is 0 Å². The topological polar surface area (TPSA) is 27.1 Å². The smallest absolute Gasteiger partial charge is 0.0831 e. The van der Waals surface area contributed by atoms with Crippen LogP contribution in [0, 0.1) is 13.8 Å². The molecule has 1 rings (SSSR count). The molecule has 0 saturated heterocycles. The van der Waals surface area contributed by atoms with Gasteiger partial charge in [0.25, 0.3) is 0 Å². The lowest BCUT2D eigenvalue weighted by Crippen LogP contribution is -2.04. The molecule has 0 radical (unpaired) electrons. The minimum Gasteiger partial charge on any atom is -0.504 e.